The van der Waals surface area contributed by atoms with Crippen molar-refractivity contribution in [1.29, 1.82) is 0 Å². The number of rotatable bonds is 5. The Morgan fingerprint density at radius 1 is 1.38 bits per heavy atom. The van der Waals surface area contributed by atoms with Crippen molar-refractivity contribution in [2.24, 2.45) is 0 Å². The molecule has 8 nitrogen and oxygen atoms in total. The highest BCUT2D eigenvalue weighted by atomic mass is 16.6. The van der Waals surface area contributed by atoms with E-state index in [4.69, 9.17) is 9.15 Å². The second-order valence-corrected chi connectivity index (χ2v) is 4.24. The summed E-state index contributed by atoms with van der Waals surface area (Å²) in [5, 5.41) is 18.2. The van der Waals surface area contributed by atoms with Crippen LogP contribution in [-0.2, 0) is 9.53 Å². The number of hydrogen-bond acceptors (Lipinski definition) is 7. The standard InChI is InChI=1S/C13H13N3O5/c1-3-11(17)20-8(2)12-14-15-13(21-12)9-4-6-10(7-5-9)16(18)19/h4-8H,3H2,1-2H3/t8-/m0/s1. The highest BCUT2D eigenvalue weighted by molar-refractivity contribution is 5.69. The van der Waals surface area contributed by atoms with Gasteiger partial charge >= 0.3 is 5.97 Å². The average molecular weight is 291 g/mol. The van der Waals surface area contributed by atoms with Crippen LogP contribution in [0.4, 0.5) is 5.69 Å². The van der Waals surface area contributed by atoms with Gasteiger partial charge in [-0.2, -0.15) is 0 Å². The van der Waals surface area contributed by atoms with Gasteiger partial charge in [0.05, 0.1) is 4.92 Å². The molecule has 1 atom stereocenters. The summed E-state index contributed by atoms with van der Waals surface area (Å²) >= 11 is 0. The van der Waals surface area contributed by atoms with Crippen molar-refractivity contribution >= 4 is 11.7 Å². The summed E-state index contributed by atoms with van der Waals surface area (Å²) in [6.07, 6.45) is -0.384. The van der Waals surface area contributed by atoms with Crippen LogP contribution in [0, 0.1) is 10.1 Å². The number of carbonyl (C=O) groups is 1. The van der Waals surface area contributed by atoms with Crippen molar-refractivity contribution in [3.8, 4) is 11.5 Å². The molecule has 0 aliphatic carbocycles. The Labute approximate surface area is 119 Å². The van der Waals surface area contributed by atoms with Crippen LogP contribution >= 0.6 is 0 Å². The minimum atomic E-state index is -0.642. The van der Waals surface area contributed by atoms with Gasteiger partial charge in [0, 0.05) is 24.1 Å². The van der Waals surface area contributed by atoms with Gasteiger partial charge in [0.15, 0.2) is 6.10 Å². The Hall–Kier alpha value is -2.77. The largest absolute Gasteiger partial charge is 0.453 e. The predicted octanol–water partition coefficient (Wildman–Crippen LogP) is 2.66. The number of non-ortho nitro benzene ring substituents is 1. The zero-order valence-corrected chi connectivity index (χ0v) is 11.5. The quantitative estimate of drug-likeness (QED) is 0.473. The molecule has 0 bridgehead atoms. The van der Waals surface area contributed by atoms with E-state index in [0.29, 0.717) is 5.56 Å². The van der Waals surface area contributed by atoms with Crippen molar-refractivity contribution in [3.63, 3.8) is 0 Å². The molecule has 1 heterocycles. The molecule has 21 heavy (non-hydrogen) atoms. The number of esters is 1. The van der Waals surface area contributed by atoms with Crippen LogP contribution in [0.15, 0.2) is 28.7 Å². The van der Waals surface area contributed by atoms with Crippen molar-refractivity contribution in [2.45, 2.75) is 26.4 Å². The SMILES string of the molecule is CCC(=O)O[C@@H](C)c1nnc(-c2ccc([N+](=O)[O-])cc2)o1. The first kappa shape index (κ1) is 14.6. The minimum Gasteiger partial charge on any atom is -0.453 e. The van der Waals surface area contributed by atoms with Crippen molar-refractivity contribution in [1.82, 2.24) is 10.2 Å². The Morgan fingerprint density at radius 3 is 2.62 bits per heavy atom. The maximum atomic E-state index is 11.2. The summed E-state index contributed by atoms with van der Waals surface area (Å²) in [5.41, 5.74) is 0.525. The van der Waals surface area contributed by atoms with Crippen LogP contribution < -0.4 is 0 Å². The number of aromatic nitrogens is 2. The molecule has 0 fully saturated rings. The maximum absolute atomic E-state index is 11.2. The van der Waals surface area contributed by atoms with E-state index in [2.05, 4.69) is 10.2 Å². The number of carbonyl (C=O) groups excluding carboxylic acids is 1. The molecule has 0 unspecified atom stereocenters. The third-order valence-electron chi connectivity index (χ3n) is 2.71. The number of nitro groups is 1. The Morgan fingerprint density at radius 2 is 2.05 bits per heavy atom. The van der Waals surface area contributed by atoms with Gasteiger partial charge in [-0.25, -0.2) is 0 Å². The molecular formula is C13H13N3O5. The molecular weight excluding hydrogens is 278 g/mol. The summed E-state index contributed by atoms with van der Waals surface area (Å²) < 4.78 is 10.5. The Bertz CT molecular complexity index is 650. The zero-order chi connectivity index (χ0) is 15.4. The van der Waals surface area contributed by atoms with Crippen LogP contribution in [0.3, 0.4) is 0 Å². The Balaban J connectivity index is 2.15. The fourth-order valence-electron chi connectivity index (χ4n) is 1.57. The van der Waals surface area contributed by atoms with Crippen molar-refractivity contribution < 1.29 is 18.9 Å². The lowest BCUT2D eigenvalue weighted by molar-refractivity contribution is -0.384. The molecule has 0 saturated heterocycles. The minimum absolute atomic E-state index is 0.0243. The van der Waals surface area contributed by atoms with Gasteiger partial charge < -0.3 is 9.15 Å². The lowest BCUT2D eigenvalue weighted by Gasteiger charge is -2.07. The molecule has 0 radical (unpaired) electrons. The van der Waals surface area contributed by atoms with E-state index >= 15 is 0 Å². The summed E-state index contributed by atoms with van der Waals surface area (Å²) in [6, 6.07) is 5.72. The summed E-state index contributed by atoms with van der Waals surface area (Å²) in [6.45, 7) is 3.31. The van der Waals surface area contributed by atoms with Gasteiger partial charge in [-0.05, 0) is 19.1 Å². The van der Waals surface area contributed by atoms with E-state index in [9.17, 15) is 14.9 Å². The molecule has 0 N–H and O–H groups in total. The van der Waals surface area contributed by atoms with Crippen molar-refractivity contribution in [2.75, 3.05) is 0 Å². The van der Waals surface area contributed by atoms with E-state index in [1.54, 1.807) is 13.8 Å². The average Bonchev–Trinajstić information content (AvgIpc) is 2.97. The van der Waals surface area contributed by atoms with Crippen LogP contribution in [0.25, 0.3) is 11.5 Å². The number of nitrogens with zero attached hydrogens (tertiary/aromatic N) is 3. The van der Waals surface area contributed by atoms with E-state index < -0.39 is 11.0 Å². The van der Waals surface area contributed by atoms with E-state index in [0.717, 1.165) is 0 Å². The molecule has 0 aliphatic heterocycles. The molecule has 1 aromatic carbocycles. The zero-order valence-electron chi connectivity index (χ0n) is 11.5. The first-order valence-corrected chi connectivity index (χ1v) is 6.29. The molecule has 8 heteroatoms. The van der Waals surface area contributed by atoms with Crippen molar-refractivity contribution in [3.05, 3.63) is 40.3 Å². The third kappa shape index (κ3) is 3.41. The fourth-order valence-corrected chi connectivity index (χ4v) is 1.57. The normalized spacial score (nSPS) is 11.9. The van der Waals surface area contributed by atoms with Gasteiger partial charge in [-0.1, -0.05) is 6.92 Å². The van der Waals surface area contributed by atoms with E-state index in [1.807, 2.05) is 0 Å². The monoisotopic (exact) mass is 291 g/mol. The molecule has 2 aromatic rings. The fraction of sp³-hybridized carbons (Fsp3) is 0.308. The lowest BCUT2D eigenvalue weighted by Crippen LogP contribution is -2.07. The topological polar surface area (TPSA) is 108 Å². The summed E-state index contributed by atoms with van der Waals surface area (Å²) in [7, 11) is 0. The Kier molecular flexibility index (Phi) is 4.27. The summed E-state index contributed by atoms with van der Waals surface area (Å²) in [4.78, 5) is 21.3. The van der Waals surface area contributed by atoms with Crippen LogP contribution in [0.2, 0.25) is 0 Å². The van der Waals surface area contributed by atoms with Gasteiger partial charge in [0.25, 0.3) is 11.6 Å². The molecule has 110 valence electrons. The molecule has 0 amide bonds. The third-order valence-corrected chi connectivity index (χ3v) is 2.71. The maximum Gasteiger partial charge on any atom is 0.306 e. The molecule has 2 rings (SSSR count). The highest BCUT2D eigenvalue weighted by Gasteiger charge is 2.18. The van der Waals surface area contributed by atoms with E-state index in [-0.39, 0.29) is 29.9 Å². The predicted molar refractivity (Wildman–Crippen MR) is 71.2 cm³/mol. The lowest BCUT2D eigenvalue weighted by atomic mass is 10.2. The second kappa shape index (κ2) is 6.12. The number of nitro benzene ring substituents is 1. The smallest absolute Gasteiger partial charge is 0.306 e. The van der Waals surface area contributed by atoms with Crippen LogP contribution in [-0.4, -0.2) is 21.1 Å². The van der Waals surface area contributed by atoms with Gasteiger partial charge in [-0.15, -0.1) is 10.2 Å². The molecule has 1 aromatic heterocycles. The van der Waals surface area contributed by atoms with Crippen LogP contribution in [0.1, 0.15) is 32.3 Å². The highest BCUT2D eigenvalue weighted by Crippen LogP contribution is 2.24. The second-order valence-electron chi connectivity index (χ2n) is 4.24. The van der Waals surface area contributed by atoms with Gasteiger partial charge in [-0.3, -0.25) is 14.9 Å². The van der Waals surface area contributed by atoms with E-state index in [1.165, 1.54) is 24.3 Å². The molecule has 0 aliphatic rings. The summed E-state index contributed by atoms with van der Waals surface area (Å²) in [5.74, 6) is 0.0158. The van der Waals surface area contributed by atoms with Gasteiger partial charge in [0.2, 0.25) is 5.89 Å². The first-order valence-electron chi connectivity index (χ1n) is 6.29. The number of ether oxygens (including phenoxy) is 1. The molecule has 0 spiro atoms. The van der Waals surface area contributed by atoms with Gasteiger partial charge in [0.1, 0.15) is 0 Å². The number of hydrogen-bond donors (Lipinski definition) is 0. The molecule has 0 saturated carbocycles. The first-order chi connectivity index (χ1) is 10.0. The number of benzene rings is 1. The van der Waals surface area contributed by atoms with Crippen LogP contribution in [0.5, 0.6) is 0 Å².